The lowest BCUT2D eigenvalue weighted by molar-refractivity contribution is -0.136. The average molecular weight is 387 g/mol. The Hall–Kier alpha value is -3.52. The number of allylic oxidation sites excluding steroid dienone is 1. The molecule has 148 valence electrons. The van der Waals surface area contributed by atoms with E-state index in [0.29, 0.717) is 29.4 Å². The number of nitriles is 1. The Bertz CT molecular complexity index is 983. The van der Waals surface area contributed by atoms with E-state index in [1.165, 1.54) is 12.7 Å². The molecule has 5 nitrogen and oxygen atoms in total. The van der Waals surface area contributed by atoms with Crippen LogP contribution in [0.2, 0.25) is 0 Å². The summed E-state index contributed by atoms with van der Waals surface area (Å²) < 4.78 is 5.02. The molecule has 0 aromatic heterocycles. The van der Waals surface area contributed by atoms with Crippen LogP contribution in [0.1, 0.15) is 42.4 Å². The van der Waals surface area contributed by atoms with Gasteiger partial charge in [0.1, 0.15) is 5.82 Å². The standard InChI is InChI=1S/C24H25N3O2/c1-16(2)18-9-11-19(12-10-18)22-20(13-25)23(26)27(15-21(22)24(28)29-3)14-17-7-5-4-6-8-17/h4-12,15-16,22H,14,26H2,1-3H3. The number of carbonyl (C=O) groups is 1. The van der Waals surface area contributed by atoms with Crippen molar-refractivity contribution in [3.05, 3.63) is 94.5 Å². The molecule has 5 heteroatoms. The lowest BCUT2D eigenvalue weighted by atomic mass is 9.82. The maximum Gasteiger partial charge on any atom is 0.336 e. The Balaban J connectivity index is 2.06. The van der Waals surface area contributed by atoms with Crippen LogP contribution in [0, 0.1) is 11.3 Å². The molecule has 1 unspecified atom stereocenters. The van der Waals surface area contributed by atoms with Crippen molar-refractivity contribution in [2.24, 2.45) is 5.73 Å². The molecule has 0 radical (unpaired) electrons. The quantitative estimate of drug-likeness (QED) is 0.779. The Kier molecular flexibility index (Phi) is 6.04. The van der Waals surface area contributed by atoms with E-state index in [1.54, 1.807) is 11.1 Å². The molecule has 1 aliphatic heterocycles. The first-order valence-corrected chi connectivity index (χ1v) is 9.56. The second-order valence-electron chi connectivity index (χ2n) is 7.35. The molecule has 0 amide bonds. The molecule has 0 saturated heterocycles. The summed E-state index contributed by atoms with van der Waals surface area (Å²) in [7, 11) is 1.34. The number of hydrogen-bond acceptors (Lipinski definition) is 5. The van der Waals surface area contributed by atoms with Crippen molar-refractivity contribution in [1.29, 1.82) is 5.26 Å². The average Bonchev–Trinajstić information content (AvgIpc) is 2.75. The predicted molar refractivity (Wildman–Crippen MR) is 112 cm³/mol. The number of methoxy groups -OCH3 is 1. The molecule has 0 spiro atoms. The van der Waals surface area contributed by atoms with Gasteiger partial charge in [0.2, 0.25) is 0 Å². The summed E-state index contributed by atoms with van der Waals surface area (Å²) in [6.07, 6.45) is 1.70. The second kappa shape index (κ2) is 8.66. The minimum atomic E-state index is -0.555. The Morgan fingerprint density at radius 2 is 1.83 bits per heavy atom. The fourth-order valence-corrected chi connectivity index (χ4v) is 3.51. The van der Waals surface area contributed by atoms with Gasteiger partial charge in [-0.15, -0.1) is 0 Å². The molecule has 0 aliphatic carbocycles. The highest BCUT2D eigenvalue weighted by molar-refractivity contribution is 5.92. The fourth-order valence-electron chi connectivity index (χ4n) is 3.51. The normalized spacial score (nSPS) is 16.4. The number of hydrogen-bond donors (Lipinski definition) is 1. The number of esters is 1. The molecule has 29 heavy (non-hydrogen) atoms. The Morgan fingerprint density at radius 3 is 2.38 bits per heavy atom. The smallest absolute Gasteiger partial charge is 0.336 e. The third-order valence-electron chi connectivity index (χ3n) is 5.15. The SMILES string of the molecule is COC(=O)C1=CN(Cc2ccccc2)C(N)=C(C#N)C1c1ccc(C(C)C)cc1. The van der Waals surface area contributed by atoms with E-state index in [9.17, 15) is 10.1 Å². The summed E-state index contributed by atoms with van der Waals surface area (Å²) in [5.41, 5.74) is 10.2. The molecule has 1 atom stereocenters. The molecule has 1 aliphatic rings. The van der Waals surface area contributed by atoms with Gasteiger partial charge in [-0.25, -0.2) is 4.79 Å². The monoisotopic (exact) mass is 387 g/mol. The van der Waals surface area contributed by atoms with Gasteiger partial charge in [0.15, 0.2) is 0 Å². The molecular formula is C24H25N3O2. The van der Waals surface area contributed by atoms with E-state index < -0.39 is 11.9 Å². The number of benzene rings is 2. The molecule has 1 heterocycles. The third-order valence-corrected chi connectivity index (χ3v) is 5.15. The lowest BCUT2D eigenvalue weighted by Crippen LogP contribution is -2.32. The van der Waals surface area contributed by atoms with Crippen LogP contribution in [0.4, 0.5) is 0 Å². The van der Waals surface area contributed by atoms with E-state index in [1.807, 2.05) is 54.6 Å². The summed E-state index contributed by atoms with van der Waals surface area (Å²) in [5.74, 6) is -0.285. The van der Waals surface area contributed by atoms with Crippen molar-refractivity contribution in [2.75, 3.05) is 7.11 Å². The minimum absolute atomic E-state index is 0.348. The van der Waals surface area contributed by atoms with Crippen molar-refractivity contribution >= 4 is 5.97 Å². The molecule has 2 N–H and O–H groups in total. The van der Waals surface area contributed by atoms with Crippen LogP contribution in [0.3, 0.4) is 0 Å². The zero-order chi connectivity index (χ0) is 21.0. The molecule has 0 bridgehead atoms. The summed E-state index contributed by atoms with van der Waals surface area (Å²) in [6, 6.07) is 19.9. The van der Waals surface area contributed by atoms with Gasteiger partial charge in [-0.05, 0) is 22.6 Å². The maximum absolute atomic E-state index is 12.6. The van der Waals surface area contributed by atoms with Crippen LogP contribution in [-0.4, -0.2) is 18.0 Å². The highest BCUT2D eigenvalue weighted by Gasteiger charge is 2.34. The van der Waals surface area contributed by atoms with Crippen molar-refractivity contribution in [3.8, 4) is 6.07 Å². The predicted octanol–water partition coefficient (Wildman–Crippen LogP) is 4.16. The number of nitrogens with two attached hydrogens (primary N) is 1. The zero-order valence-corrected chi connectivity index (χ0v) is 16.9. The van der Waals surface area contributed by atoms with Gasteiger partial charge < -0.3 is 15.4 Å². The molecule has 0 saturated carbocycles. The molecular weight excluding hydrogens is 362 g/mol. The molecule has 3 rings (SSSR count). The van der Waals surface area contributed by atoms with Crippen LogP contribution in [-0.2, 0) is 16.1 Å². The van der Waals surface area contributed by atoms with Crippen LogP contribution in [0.15, 0.2) is 77.8 Å². The number of nitrogens with zero attached hydrogens (tertiary/aromatic N) is 2. The second-order valence-corrected chi connectivity index (χ2v) is 7.35. The molecule has 2 aromatic carbocycles. The van der Waals surface area contributed by atoms with Crippen LogP contribution >= 0.6 is 0 Å². The molecule has 2 aromatic rings. The highest BCUT2D eigenvalue weighted by Crippen LogP contribution is 2.38. The van der Waals surface area contributed by atoms with Crippen LogP contribution < -0.4 is 5.73 Å². The zero-order valence-electron chi connectivity index (χ0n) is 16.9. The maximum atomic E-state index is 12.6. The van der Waals surface area contributed by atoms with Crippen molar-refractivity contribution in [1.82, 2.24) is 4.90 Å². The van der Waals surface area contributed by atoms with Gasteiger partial charge in [-0.2, -0.15) is 5.26 Å². The van der Waals surface area contributed by atoms with Crippen molar-refractivity contribution in [3.63, 3.8) is 0 Å². The first-order valence-electron chi connectivity index (χ1n) is 9.56. The van der Waals surface area contributed by atoms with E-state index in [2.05, 4.69) is 19.9 Å². The summed E-state index contributed by atoms with van der Waals surface area (Å²) in [5, 5.41) is 9.90. The van der Waals surface area contributed by atoms with Crippen molar-refractivity contribution in [2.45, 2.75) is 32.2 Å². The Morgan fingerprint density at radius 1 is 1.17 bits per heavy atom. The van der Waals surface area contributed by atoms with Gasteiger partial charge >= 0.3 is 5.97 Å². The van der Waals surface area contributed by atoms with E-state index >= 15 is 0 Å². The van der Waals surface area contributed by atoms with Crippen LogP contribution in [0.5, 0.6) is 0 Å². The summed E-state index contributed by atoms with van der Waals surface area (Å²) >= 11 is 0. The fraction of sp³-hybridized carbons (Fsp3) is 0.250. The van der Waals surface area contributed by atoms with E-state index in [0.717, 1.165) is 11.1 Å². The Labute approximate surface area is 171 Å². The van der Waals surface area contributed by atoms with Gasteiger partial charge in [0.25, 0.3) is 0 Å². The van der Waals surface area contributed by atoms with Crippen molar-refractivity contribution < 1.29 is 9.53 Å². The van der Waals surface area contributed by atoms with Gasteiger partial charge in [-0.3, -0.25) is 0 Å². The number of carbonyl (C=O) groups excluding carboxylic acids is 1. The van der Waals surface area contributed by atoms with Crippen LogP contribution in [0.25, 0.3) is 0 Å². The van der Waals surface area contributed by atoms with E-state index in [-0.39, 0.29) is 0 Å². The lowest BCUT2D eigenvalue weighted by Gasteiger charge is -2.32. The van der Waals surface area contributed by atoms with E-state index in [4.69, 9.17) is 10.5 Å². The largest absolute Gasteiger partial charge is 0.466 e. The first-order chi connectivity index (χ1) is 14.0. The van der Waals surface area contributed by atoms with Gasteiger partial charge in [-0.1, -0.05) is 68.4 Å². The topological polar surface area (TPSA) is 79.3 Å². The number of ether oxygens (including phenoxy) is 1. The first kappa shape index (κ1) is 20.2. The van der Waals surface area contributed by atoms with Gasteiger partial charge in [0.05, 0.1) is 30.2 Å². The summed E-state index contributed by atoms with van der Waals surface area (Å²) in [4.78, 5) is 14.3. The number of rotatable bonds is 5. The minimum Gasteiger partial charge on any atom is -0.466 e. The summed E-state index contributed by atoms with van der Waals surface area (Å²) in [6.45, 7) is 4.70. The third kappa shape index (κ3) is 4.17. The molecule has 0 fully saturated rings. The van der Waals surface area contributed by atoms with Gasteiger partial charge in [0, 0.05) is 12.7 Å². The highest BCUT2D eigenvalue weighted by atomic mass is 16.5.